The van der Waals surface area contributed by atoms with Crippen LogP contribution in [0.3, 0.4) is 0 Å². The number of nitrogens with one attached hydrogen (secondary N) is 1. The minimum absolute atomic E-state index is 0.0396. The fourth-order valence-corrected chi connectivity index (χ4v) is 4.78. The fraction of sp³-hybridized carbons (Fsp3) is 0.786. The molecule has 1 heterocycles. The molecule has 2 aliphatic carbocycles. The molecule has 6 nitrogen and oxygen atoms in total. The highest BCUT2D eigenvalue weighted by Crippen LogP contribution is 2.44. The molecule has 2 saturated carbocycles. The maximum absolute atomic E-state index is 12.1. The molecule has 0 amide bonds. The van der Waals surface area contributed by atoms with Crippen LogP contribution in [0.5, 0.6) is 5.75 Å². The number of rotatable bonds is 15. The van der Waals surface area contributed by atoms with Gasteiger partial charge in [-0.3, -0.25) is 0 Å². The number of nitrogens with zero attached hydrogens (tertiary/aromatic N) is 1. The molecule has 0 atom stereocenters. The van der Waals surface area contributed by atoms with Crippen LogP contribution in [0.25, 0.3) is 0 Å². The van der Waals surface area contributed by atoms with Crippen LogP contribution >= 0.6 is 0 Å². The van der Waals surface area contributed by atoms with E-state index in [1.54, 1.807) is 0 Å². The van der Waals surface area contributed by atoms with Crippen molar-refractivity contribution in [2.75, 3.05) is 19.8 Å². The second kappa shape index (κ2) is 16.2. The maximum Gasteiger partial charge on any atom is 0.422 e. The van der Waals surface area contributed by atoms with Gasteiger partial charge in [-0.05, 0) is 44.6 Å². The summed E-state index contributed by atoms with van der Waals surface area (Å²) in [5, 5.41) is 22.0. The van der Waals surface area contributed by atoms with Gasteiger partial charge in [0, 0.05) is 23.4 Å². The van der Waals surface area contributed by atoms with Gasteiger partial charge in [0.05, 0.1) is 6.61 Å². The Kier molecular flexibility index (Phi) is 13.7. The minimum Gasteiger partial charge on any atom is -0.484 e. The lowest BCUT2D eigenvalue weighted by atomic mass is 9.82. The van der Waals surface area contributed by atoms with E-state index in [9.17, 15) is 23.1 Å². The Morgan fingerprint density at radius 3 is 2.24 bits per heavy atom. The Morgan fingerprint density at radius 2 is 1.70 bits per heavy atom. The number of carbonyl (C=O) groups is 1. The van der Waals surface area contributed by atoms with E-state index < -0.39 is 18.8 Å². The number of hydrogen-bond donors (Lipinski definition) is 3. The van der Waals surface area contributed by atoms with Crippen LogP contribution in [0.15, 0.2) is 12.3 Å². The van der Waals surface area contributed by atoms with Gasteiger partial charge in [-0.1, -0.05) is 71.1 Å². The molecule has 0 unspecified atom stereocenters. The van der Waals surface area contributed by atoms with E-state index in [1.165, 1.54) is 89.7 Å². The molecule has 1 aromatic rings. The van der Waals surface area contributed by atoms with E-state index in [1.807, 2.05) is 0 Å². The zero-order valence-corrected chi connectivity index (χ0v) is 22.3. The third-order valence-electron chi connectivity index (χ3n) is 7.17. The smallest absolute Gasteiger partial charge is 0.422 e. The summed E-state index contributed by atoms with van der Waals surface area (Å²) in [6.07, 6.45) is 15.8. The molecule has 9 heteroatoms. The number of carboxylic acids is 1. The first kappa shape index (κ1) is 31.3. The molecule has 3 rings (SSSR count). The van der Waals surface area contributed by atoms with E-state index in [-0.39, 0.29) is 22.9 Å². The third kappa shape index (κ3) is 12.5. The number of aromatic nitrogens is 1. The monoisotopic (exact) mass is 530 g/mol. The lowest BCUT2D eigenvalue weighted by molar-refractivity contribution is -0.153. The zero-order valence-electron chi connectivity index (χ0n) is 22.3. The van der Waals surface area contributed by atoms with Crippen molar-refractivity contribution < 1.29 is 32.9 Å². The molecule has 212 valence electrons. The number of alkyl halides is 3. The number of aliphatic hydroxyl groups is 1. The number of ether oxygens (including phenoxy) is 1. The van der Waals surface area contributed by atoms with Gasteiger partial charge in [0.1, 0.15) is 5.75 Å². The number of hydrogen-bond acceptors (Lipinski definition) is 5. The van der Waals surface area contributed by atoms with Crippen molar-refractivity contribution >= 4 is 5.97 Å². The number of carboxylic acid groups (broad SMARTS) is 1. The first-order valence-corrected chi connectivity index (χ1v) is 14.0. The average Bonchev–Trinajstić information content (AvgIpc) is 3.72. The van der Waals surface area contributed by atoms with E-state index in [4.69, 9.17) is 5.11 Å². The largest absolute Gasteiger partial charge is 0.484 e. The molecule has 2 aliphatic rings. The van der Waals surface area contributed by atoms with Crippen molar-refractivity contribution in [3.63, 3.8) is 0 Å². The normalized spacial score (nSPS) is 17.1. The van der Waals surface area contributed by atoms with Crippen LogP contribution in [0.4, 0.5) is 13.2 Å². The highest BCUT2D eigenvalue weighted by atomic mass is 19.4. The molecule has 0 radical (unpaired) electrons. The van der Waals surface area contributed by atoms with Crippen molar-refractivity contribution in [3.05, 3.63) is 23.5 Å². The van der Waals surface area contributed by atoms with E-state index >= 15 is 0 Å². The van der Waals surface area contributed by atoms with Gasteiger partial charge in [-0.2, -0.15) is 13.2 Å². The van der Waals surface area contributed by atoms with Crippen LogP contribution in [0.1, 0.15) is 125 Å². The highest BCUT2D eigenvalue weighted by Gasteiger charge is 2.32. The van der Waals surface area contributed by atoms with Gasteiger partial charge in [-0.15, -0.1) is 0 Å². The topological polar surface area (TPSA) is 91.7 Å². The quantitative estimate of drug-likeness (QED) is 0.211. The van der Waals surface area contributed by atoms with Crippen LogP contribution in [-0.4, -0.2) is 52.6 Å². The first-order valence-electron chi connectivity index (χ1n) is 14.0. The van der Waals surface area contributed by atoms with Crippen LogP contribution in [0, 0.1) is 0 Å². The number of aromatic carboxylic acids is 1. The molecule has 0 aliphatic heterocycles. The van der Waals surface area contributed by atoms with E-state index in [2.05, 4.69) is 22.0 Å². The summed E-state index contributed by atoms with van der Waals surface area (Å²) in [5.41, 5.74) is 0.292. The Labute approximate surface area is 219 Å². The van der Waals surface area contributed by atoms with Crippen LogP contribution in [-0.2, 0) is 0 Å². The molecule has 0 spiro atoms. The fourth-order valence-electron chi connectivity index (χ4n) is 4.78. The third-order valence-corrected chi connectivity index (χ3v) is 7.17. The van der Waals surface area contributed by atoms with Gasteiger partial charge in [0.2, 0.25) is 0 Å². The summed E-state index contributed by atoms with van der Waals surface area (Å²) in [4.78, 5) is 14.4. The summed E-state index contributed by atoms with van der Waals surface area (Å²) < 4.78 is 40.9. The average molecular weight is 531 g/mol. The van der Waals surface area contributed by atoms with Crippen molar-refractivity contribution in [1.82, 2.24) is 10.3 Å². The standard InChI is InChI=1S/C17H35NO.C11H10F3NO3/c1-2-3-4-5-6-7-8-12-15-18-17(16-19)13-10-9-11-14-17;12-11(13,14)5-18-9-3-8(10(16)17)15-4-7(9)6-1-2-6/h18-19H,2-16H2,1H3;3-4,6H,1-2,5H2,(H,16,17). The van der Waals surface area contributed by atoms with Crippen molar-refractivity contribution in [3.8, 4) is 5.75 Å². The molecular formula is C28H45F3N2O4. The minimum atomic E-state index is -4.45. The Morgan fingerprint density at radius 1 is 1.08 bits per heavy atom. The molecule has 3 N–H and O–H groups in total. The second-order valence-corrected chi connectivity index (χ2v) is 10.5. The molecule has 0 aromatic carbocycles. The Balaban J connectivity index is 0.000000260. The van der Waals surface area contributed by atoms with Gasteiger partial charge < -0.3 is 20.3 Å². The van der Waals surface area contributed by atoms with Gasteiger partial charge in [0.15, 0.2) is 12.3 Å². The maximum atomic E-state index is 12.1. The molecule has 1 aromatic heterocycles. The van der Waals surface area contributed by atoms with Crippen molar-refractivity contribution in [1.29, 1.82) is 0 Å². The van der Waals surface area contributed by atoms with Gasteiger partial charge in [0.25, 0.3) is 0 Å². The zero-order chi connectivity index (χ0) is 27.2. The molecule has 37 heavy (non-hydrogen) atoms. The number of pyridine rings is 1. The summed E-state index contributed by atoms with van der Waals surface area (Å²) in [5.74, 6) is -1.21. The lowest BCUT2D eigenvalue weighted by Crippen LogP contribution is -2.50. The summed E-state index contributed by atoms with van der Waals surface area (Å²) in [6, 6.07) is 1.04. The SMILES string of the molecule is CCCCCCCCCCNC1(CO)CCCCC1.O=C(O)c1cc(OCC(F)(F)F)c(C2CC2)cn1. The molecule has 0 saturated heterocycles. The van der Waals surface area contributed by atoms with Crippen LogP contribution in [0.2, 0.25) is 0 Å². The predicted octanol–water partition coefficient (Wildman–Crippen LogP) is 7.01. The molecular weight excluding hydrogens is 485 g/mol. The molecule has 2 fully saturated rings. The number of unbranched alkanes of at least 4 members (excludes halogenated alkanes) is 7. The lowest BCUT2D eigenvalue weighted by Gasteiger charge is -2.36. The van der Waals surface area contributed by atoms with Crippen LogP contribution < -0.4 is 10.1 Å². The van der Waals surface area contributed by atoms with E-state index in [0.717, 1.165) is 25.5 Å². The highest BCUT2D eigenvalue weighted by molar-refractivity contribution is 5.85. The van der Waals surface area contributed by atoms with Crippen molar-refractivity contribution in [2.45, 2.75) is 121 Å². The Hall–Kier alpha value is -1.87. The Bertz CT molecular complexity index is 794. The summed E-state index contributed by atoms with van der Waals surface area (Å²) in [7, 11) is 0. The van der Waals surface area contributed by atoms with Crippen molar-refractivity contribution in [2.24, 2.45) is 0 Å². The summed E-state index contributed by atoms with van der Waals surface area (Å²) in [6.45, 7) is 2.25. The predicted molar refractivity (Wildman–Crippen MR) is 138 cm³/mol. The number of aliphatic hydroxyl groups excluding tert-OH is 1. The molecule has 0 bridgehead atoms. The second-order valence-electron chi connectivity index (χ2n) is 10.5. The van der Waals surface area contributed by atoms with E-state index in [0.29, 0.717) is 12.2 Å². The number of halogens is 3. The van der Waals surface area contributed by atoms with Gasteiger partial charge >= 0.3 is 12.1 Å². The van der Waals surface area contributed by atoms with Gasteiger partial charge in [-0.25, -0.2) is 9.78 Å². The summed E-state index contributed by atoms with van der Waals surface area (Å²) >= 11 is 0. The first-order chi connectivity index (χ1) is 17.7.